The average Bonchev–Trinajstić information content (AvgIpc) is 2.83. The number of anilines is 1. The number of amides is 2. The number of piperazine rings is 1. The lowest BCUT2D eigenvalue weighted by atomic mass is 10.2. The number of carbonyl (C=O) groups excluding carboxylic acids is 2. The first-order valence-electron chi connectivity index (χ1n) is 10.4. The van der Waals surface area contributed by atoms with Gasteiger partial charge in [-0.25, -0.2) is 0 Å². The van der Waals surface area contributed by atoms with E-state index in [2.05, 4.69) is 5.32 Å². The highest BCUT2D eigenvalue weighted by Gasteiger charge is 2.34. The summed E-state index contributed by atoms with van der Waals surface area (Å²) in [5.41, 5.74) is 0.0117. The van der Waals surface area contributed by atoms with Crippen LogP contribution in [0.25, 0.3) is 0 Å². The van der Waals surface area contributed by atoms with Crippen LogP contribution in [-0.4, -0.2) is 71.5 Å². The van der Waals surface area contributed by atoms with Gasteiger partial charge in [0.1, 0.15) is 12.3 Å². The molecule has 2 aliphatic rings. The molecule has 2 amide bonds. The second-order valence-corrected chi connectivity index (χ2v) is 7.66. The van der Waals surface area contributed by atoms with Gasteiger partial charge in [-0.15, -0.1) is 0 Å². The summed E-state index contributed by atoms with van der Waals surface area (Å²) in [6.07, 6.45) is -0.698. The quantitative estimate of drug-likeness (QED) is 0.558. The molecule has 2 aromatic carbocycles. The maximum atomic E-state index is 12.9. The van der Waals surface area contributed by atoms with E-state index in [0.717, 1.165) is 0 Å². The number of para-hydroxylation sites is 4. The monoisotopic (exact) mass is 440 g/mol. The summed E-state index contributed by atoms with van der Waals surface area (Å²) in [5.74, 6) is 0.701. The van der Waals surface area contributed by atoms with E-state index in [-0.39, 0.29) is 29.8 Å². The van der Waals surface area contributed by atoms with Crippen LogP contribution in [0.3, 0.4) is 0 Å². The smallest absolute Gasteiger partial charge is 0.292 e. The summed E-state index contributed by atoms with van der Waals surface area (Å²) in [5, 5.41) is 13.8. The first-order chi connectivity index (χ1) is 15.4. The molecular formula is C22H24N4O6. The Morgan fingerprint density at radius 1 is 1.06 bits per heavy atom. The molecule has 0 unspecified atom stereocenters. The van der Waals surface area contributed by atoms with Crippen LogP contribution in [0.2, 0.25) is 0 Å². The van der Waals surface area contributed by atoms with Gasteiger partial charge in [0.15, 0.2) is 11.5 Å². The topological polar surface area (TPSA) is 114 Å². The van der Waals surface area contributed by atoms with Crippen molar-refractivity contribution in [3.8, 4) is 11.5 Å². The fourth-order valence-corrected chi connectivity index (χ4v) is 3.82. The minimum atomic E-state index is -0.698. The Bertz CT molecular complexity index is 1020. The number of rotatable bonds is 5. The predicted octanol–water partition coefficient (Wildman–Crippen LogP) is 1.91. The molecule has 10 heteroatoms. The van der Waals surface area contributed by atoms with Crippen LogP contribution in [0.1, 0.15) is 6.92 Å². The molecule has 1 N–H and O–H groups in total. The number of nitrogens with one attached hydrogen (secondary N) is 1. The third-order valence-electron chi connectivity index (χ3n) is 5.70. The van der Waals surface area contributed by atoms with Crippen molar-refractivity contribution in [3.63, 3.8) is 0 Å². The van der Waals surface area contributed by atoms with Gasteiger partial charge in [-0.05, 0) is 25.1 Å². The van der Waals surface area contributed by atoms with E-state index in [9.17, 15) is 19.7 Å². The van der Waals surface area contributed by atoms with Gasteiger partial charge in [0.05, 0.1) is 11.0 Å². The molecule has 2 aliphatic heterocycles. The number of benzene rings is 2. The summed E-state index contributed by atoms with van der Waals surface area (Å²) in [6.45, 7) is 3.80. The van der Waals surface area contributed by atoms with Crippen molar-refractivity contribution in [1.29, 1.82) is 0 Å². The lowest BCUT2D eigenvalue weighted by Gasteiger charge is -2.39. The van der Waals surface area contributed by atoms with Crippen molar-refractivity contribution < 1.29 is 24.0 Å². The second kappa shape index (κ2) is 9.23. The summed E-state index contributed by atoms with van der Waals surface area (Å²) >= 11 is 0. The van der Waals surface area contributed by atoms with Crippen molar-refractivity contribution in [2.75, 3.05) is 38.1 Å². The molecule has 1 saturated heterocycles. The van der Waals surface area contributed by atoms with E-state index in [4.69, 9.17) is 9.47 Å². The first kappa shape index (κ1) is 21.6. The molecule has 0 bridgehead atoms. The zero-order valence-corrected chi connectivity index (χ0v) is 17.6. The number of nitro groups is 1. The van der Waals surface area contributed by atoms with Gasteiger partial charge in [0, 0.05) is 32.2 Å². The van der Waals surface area contributed by atoms with Gasteiger partial charge in [0.25, 0.3) is 11.6 Å². The molecule has 0 spiro atoms. The summed E-state index contributed by atoms with van der Waals surface area (Å²) in [4.78, 5) is 39.8. The summed E-state index contributed by atoms with van der Waals surface area (Å²) in [6, 6.07) is 12.8. The minimum absolute atomic E-state index is 0.142. The number of nitro benzene ring substituents is 1. The lowest BCUT2D eigenvalue weighted by Crippen LogP contribution is -2.57. The van der Waals surface area contributed by atoms with Crippen molar-refractivity contribution in [3.05, 3.63) is 58.6 Å². The van der Waals surface area contributed by atoms with Gasteiger partial charge < -0.3 is 19.7 Å². The Labute approximate surface area is 184 Å². The molecule has 4 rings (SSSR count). The summed E-state index contributed by atoms with van der Waals surface area (Å²) < 4.78 is 11.4. The van der Waals surface area contributed by atoms with E-state index in [0.29, 0.717) is 37.7 Å². The van der Waals surface area contributed by atoms with E-state index >= 15 is 0 Å². The molecule has 2 aromatic rings. The molecule has 0 saturated carbocycles. The van der Waals surface area contributed by atoms with Crippen LogP contribution in [0, 0.1) is 10.1 Å². The molecule has 2 heterocycles. The Hall–Kier alpha value is -3.66. The van der Waals surface area contributed by atoms with Crippen LogP contribution < -0.4 is 14.8 Å². The number of ether oxygens (including phenoxy) is 2. The standard InChI is InChI=1S/C22H24N4O6/c1-15(21(27)23-16-6-2-3-7-17(16)26(29)30)24-10-12-25(13-11-24)22(28)20-14-31-18-8-4-5-9-19(18)32-20/h2-9,15,20H,10-14H2,1H3,(H,23,27)/t15-,20+/m0/s1. The molecule has 168 valence electrons. The number of hydrogen-bond donors (Lipinski definition) is 1. The molecule has 32 heavy (non-hydrogen) atoms. The van der Waals surface area contributed by atoms with Crippen LogP contribution in [-0.2, 0) is 9.59 Å². The fourth-order valence-electron chi connectivity index (χ4n) is 3.82. The van der Waals surface area contributed by atoms with Crippen molar-refractivity contribution in [2.45, 2.75) is 19.1 Å². The van der Waals surface area contributed by atoms with Crippen LogP contribution in [0.15, 0.2) is 48.5 Å². The second-order valence-electron chi connectivity index (χ2n) is 7.66. The SMILES string of the molecule is C[C@@H](C(=O)Nc1ccccc1[N+](=O)[O-])N1CCN(C(=O)[C@H]2COc3ccccc3O2)CC1. The lowest BCUT2D eigenvalue weighted by molar-refractivity contribution is -0.383. The molecule has 1 fully saturated rings. The highest BCUT2D eigenvalue weighted by Crippen LogP contribution is 2.31. The van der Waals surface area contributed by atoms with E-state index in [1.54, 1.807) is 36.1 Å². The Balaban J connectivity index is 1.31. The molecule has 10 nitrogen and oxygen atoms in total. The van der Waals surface area contributed by atoms with Crippen LogP contribution in [0.5, 0.6) is 11.5 Å². The van der Waals surface area contributed by atoms with Crippen LogP contribution >= 0.6 is 0 Å². The van der Waals surface area contributed by atoms with Gasteiger partial charge in [0.2, 0.25) is 12.0 Å². The maximum Gasteiger partial charge on any atom is 0.292 e. The molecule has 2 atom stereocenters. The van der Waals surface area contributed by atoms with Gasteiger partial charge >= 0.3 is 0 Å². The largest absolute Gasteiger partial charge is 0.485 e. The fraction of sp³-hybridized carbons (Fsp3) is 0.364. The number of nitrogens with zero attached hydrogens (tertiary/aromatic N) is 3. The first-order valence-corrected chi connectivity index (χ1v) is 10.4. The zero-order chi connectivity index (χ0) is 22.7. The summed E-state index contributed by atoms with van der Waals surface area (Å²) in [7, 11) is 0. The van der Waals surface area contributed by atoms with Crippen molar-refractivity contribution in [2.24, 2.45) is 0 Å². The van der Waals surface area contributed by atoms with E-state index in [1.807, 2.05) is 17.0 Å². The van der Waals surface area contributed by atoms with E-state index < -0.39 is 17.1 Å². The molecular weight excluding hydrogens is 416 g/mol. The van der Waals surface area contributed by atoms with Gasteiger partial charge in [-0.1, -0.05) is 24.3 Å². The van der Waals surface area contributed by atoms with Gasteiger partial charge in [-0.3, -0.25) is 24.6 Å². The molecule has 0 radical (unpaired) electrons. The Morgan fingerprint density at radius 2 is 1.72 bits per heavy atom. The number of fused-ring (bicyclic) bond motifs is 1. The van der Waals surface area contributed by atoms with Crippen molar-refractivity contribution >= 4 is 23.2 Å². The van der Waals surface area contributed by atoms with Crippen molar-refractivity contribution in [1.82, 2.24) is 9.80 Å². The third-order valence-corrected chi connectivity index (χ3v) is 5.70. The highest BCUT2D eigenvalue weighted by atomic mass is 16.6. The normalized spacial score (nSPS) is 19.2. The number of hydrogen-bond acceptors (Lipinski definition) is 7. The third kappa shape index (κ3) is 4.50. The number of carbonyl (C=O) groups is 2. The van der Waals surface area contributed by atoms with Gasteiger partial charge in [-0.2, -0.15) is 0 Å². The average molecular weight is 440 g/mol. The molecule has 0 aromatic heterocycles. The zero-order valence-electron chi connectivity index (χ0n) is 17.6. The highest BCUT2D eigenvalue weighted by molar-refractivity contribution is 5.96. The van der Waals surface area contributed by atoms with Crippen LogP contribution in [0.4, 0.5) is 11.4 Å². The maximum absolute atomic E-state index is 12.9. The minimum Gasteiger partial charge on any atom is -0.485 e. The molecule has 0 aliphatic carbocycles. The Kier molecular flexibility index (Phi) is 6.22. The predicted molar refractivity (Wildman–Crippen MR) is 116 cm³/mol. The Morgan fingerprint density at radius 3 is 2.44 bits per heavy atom. The van der Waals surface area contributed by atoms with E-state index in [1.165, 1.54) is 12.1 Å².